The maximum absolute atomic E-state index is 13.5. The third-order valence-electron chi connectivity index (χ3n) is 8.62. The summed E-state index contributed by atoms with van der Waals surface area (Å²) in [6.45, 7) is 11.9. The summed E-state index contributed by atoms with van der Waals surface area (Å²) in [6.07, 6.45) is 5.31. The Labute approximate surface area is 208 Å². The molecule has 1 aromatic carbocycles. The molecule has 0 atom stereocenters. The molecule has 0 radical (unpaired) electrons. The third-order valence-corrected chi connectivity index (χ3v) is 12.5. The number of hydrogen-bond donors (Lipinski definition) is 2. The van der Waals surface area contributed by atoms with Crippen LogP contribution in [0.2, 0.25) is 29.7 Å². The summed E-state index contributed by atoms with van der Waals surface area (Å²) >= 11 is 6.49. The largest absolute Gasteiger partial charge is 0.322 e. The van der Waals surface area contributed by atoms with E-state index < -0.39 is 13.6 Å². The average molecular weight is 499 g/mol. The van der Waals surface area contributed by atoms with E-state index in [9.17, 15) is 9.59 Å². The van der Waals surface area contributed by atoms with Crippen molar-refractivity contribution in [3.8, 4) is 0 Å². The van der Waals surface area contributed by atoms with Crippen molar-refractivity contribution in [2.75, 3.05) is 18.4 Å². The number of amides is 3. The molecule has 2 N–H and O–H groups in total. The van der Waals surface area contributed by atoms with Crippen LogP contribution in [0.25, 0.3) is 0 Å². The lowest BCUT2D eigenvalue weighted by atomic mass is 9.83. The van der Waals surface area contributed by atoms with Crippen molar-refractivity contribution < 1.29 is 9.59 Å². The van der Waals surface area contributed by atoms with E-state index in [0.717, 1.165) is 54.5 Å². The molecular formula is C26H35ClN4O2Si. The van der Waals surface area contributed by atoms with E-state index in [1.54, 1.807) is 0 Å². The first kappa shape index (κ1) is 23.6. The van der Waals surface area contributed by atoms with Crippen LogP contribution in [0.3, 0.4) is 0 Å². The van der Waals surface area contributed by atoms with E-state index in [1.165, 1.54) is 0 Å². The van der Waals surface area contributed by atoms with E-state index in [0.29, 0.717) is 29.9 Å². The highest BCUT2D eigenvalue weighted by atomic mass is 35.5. The average Bonchev–Trinajstić information content (AvgIpc) is 3.40. The summed E-state index contributed by atoms with van der Waals surface area (Å²) in [6, 6.07) is 5.66. The van der Waals surface area contributed by atoms with Gasteiger partial charge in [0.1, 0.15) is 5.84 Å². The van der Waals surface area contributed by atoms with Crippen molar-refractivity contribution >= 4 is 43.1 Å². The van der Waals surface area contributed by atoms with Gasteiger partial charge in [-0.2, -0.15) is 0 Å². The van der Waals surface area contributed by atoms with E-state index in [2.05, 4.69) is 50.2 Å². The van der Waals surface area contributed by atoms with Gasteiger partial charge in [-0.15, -0.1) is 0 Å². The molecule has 0 bridgehead atoms. The molecule has 2 saturated carbocycles. The van der Waals surface area contributed by atoms with Crippen LogP contribution >= 0.6 is 11.6 Å². The normalized spacial score (nSPS) is 22.8. The number of nitrogens with zero attached hydrogens (tertiary/aromatic N) is 2. The lowest BCUT2D eigenvalue weighted by molar-refractivity contribution is -0.125. The van der Waals surface area contributed by atoms with E-state index in [-0.39, 0.29) is 17.0 Å². The topological polar surface area (TPSA) is 73.8 Å². The van der Waals surface area contributed by atoms with Crippen molar-refractivity contribution in [2.24, 2.45) is 4.99 Å². The minimum absolute atomic E-state index is 0.122. The molecule has 6 nitrogen and oxygen atoms in total. The summed E-state index contributed by atoms with van der Waals surface area (Å²) in [7, 11) is -1.68. The van der Waals surface area contributed by atoms with Gasteiger partial charge in [0.05, 0.1) is 37.4 Å². The summed E-state index contributed by atoms with van der Waals surface area (Å²) in [5.74, 6) is 1.25. The second-order valence-corrected chi connectivity index (χ2v) is 17.7. The monoisotopic (exact) mass is 498 g/mol. The van der Waals surface area contributed by atoms with Crippen molar-refractivity contribution in [3.05, 3.63) is 39.9 Å². The lowest BCUT2D eigenvalue weighted by Gasteiger charge is -2.49. The first-order valence-electron chi connectivity index (χ1n) is 12.4. The van der Waals surface area contributed by atoms with Crippen LogP contribution in [0.15, 0.2) is 34.3 Å². The molecule has 4 aliphatic rings. The molecule has 0 aromatic heterocycles. The first-order chi connectivity index (χ1) is 16.0. The molecule has 34 heavy (non-hydrogen) atoms. The van der Waals surface area contributed by atoms with Crippen molar-refractivity contribution in [1.82, 2.24) is 10.2 Å². The number of urea groups is 1. The molecule has 2 aliphatic carbocycles. The fraction of sp³-hybridized carbons (Fsp3) is 0.577. The quantitative estimate of drug-likeness (QED) is 0.505. The molecule has 2 heterocycles. The number of halogens is 1. The van der Waals surface area contributed by atoms with Crippen LogP contribution in [-0.4, -0.2) is 49.4 Å². The van der Waals surface area contributed by atoms with Crippen molar-refractivity contribution in [2.45, 2.75) is 82.1 Å². The van der Waals surface area contributed by atoms with Gasteiger partial charge in [0.15, 0.2) is 0 Å². The molecule has 182 valence electrons. The molecule has 1 aromatic rings. The van der Waals surface area contributed by atoms with E-state index in [1.807, 2.05) is 17.0 Å². The number of hydrogen-bond acceptors (Lipinski definition) is 3. The Morgan fingerprint density at radius 3 is 2.44 bits per heavy atom. The summed E-state index contributed by atoms with van der Waals surface area (Å²) in [5.41, 5.74) is 3.44. The number of carbonyl (C=O) groups is 2. The second kappa shape index (κ2) is 7.95. The van der Waals surface area contributed by atoms with Crippen molar-refractivity contribution in [1.29, 1.82) is 0 Å². The number of amidine groups is 1. The summed E-state index contributed by atoms with van der Waals surface area (Å²) in [5, 5.41) is 6.66. The highest BCUT2D eigenvalue weighted by Gasteiger charge is 2.54. The molecule has 0 saturated heterocycles. The van der Waals surface area contributed by atoms with Crippen LogP contribution in [-0.2, 0) is 4.79 Å². The second-order valence-electron chi connectivity index (χ2n) is 11.8. The van der Waals surface area contributed by atoms with Crippen LogP contribution in [0, 0.1) is 0 Å². The third kappa shape index (κ3) is 3.63. The van der Waals surface area contributed by atoms with E-state index in [4.69, 9.17) is 16.6 Å². The predicted octanol–water partition coefficient (Wildman–Crippen LogP) is 5.93. The number of nitrogens with one attached hydrogen (secondary N) is 2. The molecule has 5 rings (SSSR count). The van der Waals surface area contributed by atoms with Gasteiger partial charge in [-0.3, -0.25) is 9.79 Å². The molecular weight excluding hydrogens is 464 g/mol. The Morgan fingerprint density at radius 2 is 1.85 bits per heavy atom. The van der Waals surface area contributed by atoms with Gasteiger partial charge < -0.3 is 15.5 Å². The van der Waals surface area contributed by atoms with E-state index >= 15 is 0 Å². The maximum Gasteiger partial charge on any atom is 0.322 e. The van der Waals surface area contributed by atoms with Gasteiger partial charge >= 0.3 is 6.03 Å². The minimum Gasteiger partial charge on any atom is -0.311 e. The predicted molar refractivity (Wildman–Crippen MR) is 141 cm³/mol. The van der Waals surface area contributed by atoms with Gasteiger partial charge in [0, 0.05) is 10.6 Å². The zero-order chi connectivity index (χ0) is 24.5. The Kier molecular flexibility index (Phi) is 5.52. The van der Waals surface area contributed by atoms with Crippen LogP contribution in [0.5, 0.6) is 0 Å². The molecule has 2 fully saturated rings. The first-order valence-corrected chi connectivity index (χ1v) is 16.3. The Bertz CT molecular complexity index is 1130. The minimum atomic E-state index is -1.68. The highest BCUT2D eigenvalue weighted by Crippen LogP contribution is 2.55. The summed E-state index contributed by atoms with van der Waals surface area (Å²) in [4.78, 5) is 33.4. The molecule has 8 heteroatoms. The maximum atomic E-state index is 13.5. The standard InChI is InChI=1S/C26H35ClN4O2Si/c1-25(2)19-14-28-22(30-23(32)26(12-7-13-26)34(3,4)5)18(19)15-31(25)24(33)29-21-17(16-10-11-16)8-6-9-20(21)27/h6,8-9,16H,7,10-15H2,1-5H3,(H,29,33)(H,28,30,32). The highest BCUT2D eigenvalue weighted by molar-refractivity contribution is 6.82. The SMILES string of the molecule is CC1(C)C2=C(CN1C(=O)Nc1c(Cl)cccc1C1CC1)C(NC(=O)C1([Si](C)(C)C)CCC1)=NC2. The number of anilines is 1. The molecule has 2 aliphatic heterocycles. The van der Waals surface area contributed by atoms with Crippen LogP contribution in [0.1, 0.15) is 57.4 Å². The fourth-order valence-electron chi connectivity index (χ4n) is 5.84. The Balaban J connectivity index is 1.33. The molecule has 3 amide bonds. The number of benzene rings is 1. The number of rotatable bonds is 4. The molecule has 0 unspecified atom stereocenters. The lowest BCUT2D eigenvalue weighted by Crippen LogP contribution is -2.55. The number of para-hydroxylation sites is 1. The zero-order valence-electron chi connectivity index (χ0n) is 20.8. The van der Waals surface area contributed by atoms with Gasteiger partial charge in [-0.1, -0.05) is 49.8 Å². The Morgan fingerprint density at radius 1 is 1.15 bits per heavy atom. The van der Waals surface area contributed by atoms with Gasteiger partial charge in [0.2, 0.25) is 5.91 Å². The Hall–Kier alpha value is -2.12. The number of carbonyl (C=O) groups excluding carboxylic acids is 2. The zero-order valence-corrected chi connectivity index (χ0v) is 22.6. The van der Waals surface area contributed by atoms with Crippen LogP contribution in [0.4, 0.5) is 10.5 Å². The van der Waals surface area contributed by atoms with Gasteiger partial charge in [0.25, 0.3) is 0 Å². The van der Waals surface area contributed by atoms with Crippen molar-refractivity contribution in [3.63, 3.8) is 0 Å². The molecule has 0 spiro atoms. The number of aliphatic imine (C=N–C) groups is 1. The van der Waals surface area contributed by atoms with Gasteiger partial charge in [-0.05, 0) is 62.7 Å². The fourth-order valence-corrected chi connectivity index (χ4v) is 8.67. The van der Waals surface area contributed by atoms with Crippen LogP contribution < -0.4 is 10.6 Å². The van der Waals surface area contributed by atoms with Gasteiger partial charge in [-0.25, -0.2) is 4.79 Å². The summed E-state index contributed by atoms with van der Waals surface area (Å²) < 4.78 is 0. The smallest absolute Gasteiger partial charge is 0.311 e.